The number of benzene rings is 1. The Morgan fingerprint density at radius 3 is 2.81 bits per heavy atom. The van der Waals surface area contributed by atoms with E-state index in [1.807, 2.05) is 6.07 Å². The largest absolute Gasteiger partial charge is 0.347 e. The standard InChI is InChI=1S/C13H14N4O2S2/c18-17(19)11-6-2-1-5-10(11)9-20-13-15-14-12(21-13)16-7-3-4-8-16/h1-2,5-6H,3-4,7-9H2. The first-order valence-corrected chi connectivity index (χ1v) is 8.48. The van der Waals surface area contributed by atoms with Gasteiger partial charge in [-0.3, -0.25) is 10.1 Å². The molecule has 1 aliphatic heterocycles. The summed E-state index contributed by atoms with van der Waals surface area (Å²) in [4.78, 5) is 12.9. The molecule has 1 aromatic carbocycles. The molecule has 0 radical (unpaired) electrons. The smallest absolute Gasteiger partial charge is 0.273 e. The van der Waals surface area contributed by atoms with Crippen LogP contribution in [0.3, 0.4) is 0 Å². The molecule has 21 heavy (non-hydrogen) atoms. The molecule has 0 atom stereocenters. The Hall–Kier alpha value is -1.67. The van der Waals surface area contributed by atoms with Gasteiger partial charge in [0.1, 0.15) is 0 Å². The van der Waals surface area contributed by atoms with Gasteiger partial charge in [0, 0.05) is 30.5 Å². The van der Waals surface area contributed by atoms with Gasteiger partial charge >= 0.3 is 0 Å². The van der Waals surface area contributed by atoms with Crippen LogP contribution in [0.2, 0.25) is 0 Å². The van der Waals surface area contributed by atoms with Gasteiger partial charge in [0.2, 0.25) is 5.13 Å². The lowest BCUT2D eigenvalue weighted by Crippen LogP contribution is -2.17. The number of hydrogen-bond acceptors (Lipinski definition) is 7. The first-order chi connectivity index (χ1) is 10.2. The Balaban J connectivity index is 1.66. The summed E-state index contributed by atoms with van der Waals surface area (Å²) in [6, 6.07) is 6.82. The van der Waals surface area contributed by atoms with Crippen LogP contribution in [0.25, 0.3) is 0 Å². The topological polar surface area (TPSA) is 72.2 Å². The molecule has 1 fully saturated rings. The summed E-state index contributed by atoms with van der Waals surface area (Å²) in [7, 11) is 0. The Labute approximate surface area is 130 Å². The lowest BCUT2D eigenvalue weighted by atomic mass is 10.2. The monoisotopic (exact) mass is 322 g/mol. The van der Waals surface area contributed by atoms with Crippen LogP contribution in [0.15, 0.2) is 28.6 Å². The first kappa shape index (κ1) is 14.3. The van der Waals surface area contributed by atoms with Gasteiger partial charge in [-0.2, -0.15) is 0 Å². The Bertz CT molecular complexity index is 641. The number of hydrogen-bond donors (Lipinski definition) is 0. The minimum Gasteiger partial charge on any atom is -0.347 e. The lowest BCUT2D eigenvalue weighted by molar-refractivity contribution is -0.385. The van der Waals surface area contributed by atoms with Crippen LogP contribution in [0.1, 0.15) is 18.4 Å². The number of thioether (sulfide) groups is 1. The maximum atomic E-state index is 11.0. The fourth-order valence-electron chi connectivity index (χ4n) is 2.25. The predicted octanol–water partition coefficient (Wildman–Crippen LogP) is 3.34. The van der Waals surface area contributed by atoms with Crippen LogP contribution in [0.5, 0.6) is 0 Å². The van der Waals surface area contributed by atoms with E-state index in [-0.39, 0.29) is 10.6 Å². The van der Waals surface area contributed by atoms with Crippen LogP contribution in [-0.2, 0) is 5.75 Å². The van der Waals surface area contributed by atoms with E-state index in [1.165, 1.54) is 30.7 Å². The molecule has 2 aromatic rings. The molecule has 1 saturated heterocycles. The van der Waals surface area contributed by atoms with Gasteiger partial charge in [0.15, 0.2) is 4.34 Å². The molecule has 1 aromatic heterocycles. The van der Waals surface area contributed by atoms with Crippen molar-refractivity contribution in [3.63, 3.8) is 0 Å². The van der Waals surface area contributed by atoms with Crippen molar-refractivity contribution in [2.45, 2.75) is 22.9 Å². The number of anilines is 1. The lowest BCUT2D eigenvalue weighted by Gasteiger charge is -2.10. The summed E-state index contributed by atoms with van der Waals surface area (Å²) >= 11 is 3.06. The van der Waals surface area contributed by atoms with Crippen LogP contribution < -0.4 is 4.90 Å². The van der Waals surface area contributed by atoms with E-state index in [9.17, 15) is 10.1 Å². The van der Waals surface area contributed by atoms with Crippen molar-refractivity contribution in [3.05, 3.63) is 39.9 Å². The zero-order valence-corrected chi connectivity index (χ0v) is 12.9. The minimum absolute atomic E-state index is 0.161. The van der Waals surface area contributed by atoms with Gasteiger partial charge in [-0.05, 0) is 12.8 Å². The summed E-state index contributed by atoms with van der Waals surface area (Å²) < 4.78 is 0.857. The predicted molar refractivity (Wildman–Crippen MR) is 84.0 cm³/mol. The number of nitrogens with zero attached hydrogens (tertiary/aromatic N) is 4. The molecule has 3 rings (SSSR count). The molecule has 110 valence electrons. The normalized spacial score (nSPS) is 14.6. The second kappa shape index (κ2) is 6.40. The van der Waals surface area contributed by atoms with Gasteiger partial charge in [0.25, 0.3) is 5.69 Å². The third-order valence-corrected chi connectivity index (χ3v) is 5.48. The highest BCUT2D eigenvalue weighted by Gasteiger charge is 2.18. The van der Waals surface area contributed by atoms with E-state index >= 15 is 0 Å². The highest BCUT2D eigenvalue weighted by Crippen LogP contribution is 2.33. The molecule has 1 aliphatic rings. The van der Waals surface area contributed by atoms with E-state index in [4.69, 9.17) is 0 Å². The molecule has 0 bridgehead atoms. The second-order valence-corrected chi connectivity index (χ2v) is 6.90. The molecular weight excluding hydrogens is 308 g/mol. The van der Waals surface area contributed by atoms with E-state index in [1.54, 1.807) is 23.5 Å². The fraction of sp³-hybridized carbons (Fsp3) is 0.385. The molecule has 0 saturated carbocycles. The third-order valence-electron chi connectivity index (χ3n) is 3.31. The zero-order valence-electron chi connectivity index (χ0n) is 11.3. The molecule has 6 nitrogen and oxygen atoms in total. The molecular formula is C13H14N4O2S2. The molecule has 8 heteroatoms. The van der Waals surface area contributed by atoms with Gasteiger partial charge in [-0.15, -0.1) is 10.2 Å². The van der Waals surface area contributed by atoms with Crippen LogP contribution in [-0.4, -0.2) is 28.2 Å². The van der Waals surface area contributed by atoms with E-state index < -0.39 is 0 Å². The van der Waals surface area contributed by atoms with Crippen molar-refractivity contribution >= 4 is 33.9 Å². The van der Waals surface area contributed by atoms with Crippen LogP contribution in [0, 0.1) is 10.1 Å². The summed E-state index contributed by atoms with van der Waals surface area (Å²) in [6.45, 7) is 2.09. The van der Waals surface area contributed by atoms with Crippen LogP contribution >= 0.6 is 23.1 Å². The molecule has 0 N–H and O–H groups in total. The number of para-hydroxylation sites is 1. The SMILES string of the molecule is O=[N+]([O-])c1ccccc1CSc1nnc(N2CCCC2)s1. The summed E-state index contributed by atoms with van der Waals surface area (Å²) in [5, 5.41) is 20.3. The first-order valence-electron chi connectivity index (χ1n) is 6.67. The summed E-state index contributed by atoms with van der Waals surface area (Å²) in [5.41, 5.74) is 0.875. The van der Waals surface area contributed by atoms with Gasteiger partial charge < -0.3 is 4.90 Å². The average molecular weight is 322 g/mol. The minimum atomic E-state index is -0.342. The zero-order chi connectivity index (χ0) is 14.7. The Morgan fingerprint density at radius 2 is 2.05 bits per heavy atom. The molecule has 0 amide bonds. The maximum Gasteiger partial charge on any atom is 0.273 e. The van der Waals surface area contributed by atoms with Crippen molar-refractivity contribution in [2.75, 3.05) is 18.0 Å². The fourth-order valence-corrected chi connectivity index (χ4v) is 4.14. The van der Waals surface area contributed by atoms with Gasteiger partial charge in [-0.1, -0.05) is 41.3 Å². The van der Waals surface area contributed by atoms with Gasteiger partial charge in [-0.25, -0.2) is 0 Å². The average Bonchev–Trinajstić information content (AvgIpc) is 3.16. The highest BCUT2D eigenvalue weighted by molar-refractivity contribution is 8.00. The molecule has 2 heterocycles. The number of nitro benzene ring substituents is 1. The number of rotatable bonds is 5. The summed E-state index contributed by atoms with van der Waals surface area (Å²) in [6.07, 6.45) is 2.41. The van der Waals surface area contributed by atoms with Crippen molar-refractivity contribution < 1.29 is 4.92 Å². The van der Waals surface area contributed by atoms with Crippen molar-refractivity contribution in [1.82, 2.24) is 10.2 Å². The molecule has 0 spiro atoms. The second-order valence-electron chi connectivity index (χ2n) is 4.72. The third kappa shape index (κ3) is 3.33. The number of aromatic nitrogens is 2. The Morgan fingerprint density at radius 1 is 1.29 bits per heavy atom. The van der Waals surface area contributed by atoms with Crippen molar-refractivity contribution in [3.8, 4) is 0 Å². The van der Waals surface area contributed by atoms with Crippen LogP contribution in [0.4, 0.5) is 10.8 Å². The quantitative estimate of drug-likeness (QED) is 0.477. The maximum absolute atomic E-state index is 11.0. The van der Waals surface area contributed by atoms with E-state index in [0.29, 0.717) is 11.3 Å². The van der Waals surface area contributed by atoms with Gasteiger partial charge in [0.05, 0.1) is 4.92 Å². The van der Waals surface area contributed by atoms with Crippen molar-refractivity contribution in [2.24, 2.45) is 0 Å². The molecule has 0 aliphatic carbocycles. The summed E-state index contributed by atoms with van der Waals surface area (Å²) in [5.74, 6) is 0.534. The van der Waals surface area contributed by atoms with E-state index in [2.05, 4.69) is 15.1 Å². The highest BCUT2D eigenvalue weighted by atomic mass is 32.2. The van der Waals surface area contributed by atoms with Crippen molar-refractivity contribution in [1.29, 1.82) is 0 Å². The molecule has 0 unspecified atom stereocenters. The van der Waals surface area contributed by atoms with E-state index in [0.717, 1.165) is 22.6 Å². The number of nitro groups is 1. The Kier molecular flexibility index (Phi) is 4.35.